The number of benzene rings is 1. The lowest BCUT2D eigenvalue weighted by molar-refractivity contribution is -0.134. The molecule has 0 saturated carbocycles. The van der Waals surface area contributed by atoms with E-state index in [-0.39, 0.29) is 17.5 Å². The fourth-order valence-electron chi connectivity index (χ4n) is 2.30. The maximum Gasteiger partial charge on any atom is 0.311 e. The van der Waals surface area contributed by atoms with Crippen LogP contribution >= 0.6 is 0 Å². The van der Waals surface area contributed by atoms with E-state index in [2.05, 4.69) is 6.92 Å². The summed E-state index contributed by atoms with van der Waals surface area (Å²) in [6, 6.07) is 6.55. The Hall–Kier alpha value is -1.51. The Balaban J connectivity index is 2.00. The number of esters is 1. The number of rotatable bonds is 11. The first kappa shape index (κ1) is 17.5. The second-order valence-corrected chi connectivity index (χ2v) is 5.52. The minimum Gasteiger partial charge on any atom is -0.504 e. The number of carbonyl (C=O) groups is 1. The van der Waals surface area contributed by atoms with E-state index in [1.165, 1.54) is 51.0 Å². The van der Waals surface area contributed by atoms with Gasteiger partial charge in [0.2, 0.25) is 0 Å². The molecule has 0 fully saturated rings. The number of carbonyl (C=O) groups excluding carboxylic acids is 1. The van der Waals surface area contributed by atoms with Gasteiger partial charge in [-0.3, -0.25) is 4.79 Å². The molecule has 0 aliphatic heterocycles. The summed E-state index contributed by atoms with van der Waals surface area (Å²) in [7, 11) is 0. The van der Waals surface area contributed by atoms with Gasteiger partial charge in [0.05, 0.1) is 0 Å². The lowest BCUT2D eigenvalue weighted by atomic mass is 10.1. The summed E-state index contributed by atoms with van der Waals surface area (Å²) in [4.78, 5) is 11.6. The average Bonchev–Trinajstić information content (AvgIpc) is 2.48. The molecular weight excluding hydrogens is 264 g/mol. The highest BCUT2D eigenvalue weighted by molar-refractivity contribution is 5.73. The zero-order chi connectivity index (χ0) is 15.3. The molecular formula is C18H28O3. The Morgan fingerprint density at radius 3 is 2.14 bits per heavy atom. The molecule has 3 heteroatoms. The molecule has 0 aromatic heterocycles. The summed E-state index contributed by atoms with van der Waals surface area (Å²) in [5.74, 6) is -0.00389. The highest BCUT2D eigenvalue weighted by Gasteiger charge is 2.07. The van der Waals surface area contributed by atoms with Gasteiger partial charge in [0.15, 0.2) is 11.5 Å². The van der Waals surface area contributed by atoms with E-state index < -0.39 is 0 Å². The zero-order valence-electron chi connectivity index (χ0n) is 13.1. The van der Waals surface area contributed by atoms with Gasteiger partial charge in [-0.25, -0.2) is 0 Å². The number of ether oxygens (including phenoxy) is 1. The number of hydrogen-bond acceptors (Lipinski definition) is 3. The van der Waals surface area contributed by atoms with Crippen molar-refractivity contribution in [1.29, 1.82) is 0 Å². The maximum absolute atomic E-state index is 11.6. The lowest BCUT2D eigenvalue weighted by Gasteiger charge is -2.06. The van der Waals surface area contributed by atoms with Crippen LogP contribution in [0.5, 0.6) is 11.5 Å². The van der Waals surface area contributed by atoms with Gasteiger partial charge in [0.25, 0.3) is 0 Å². The molecule has 0 heterocycles. The molecule has 1 rings (SSSR count). The van der Waals surface area contributed by atoms with Gasteiger partial charge >= 0.3 is 5.97 Å². The number of phenols is 1. The Labute approximate surface area is 128 Å². The van der Waals surface area contributed by atoms with Gasteiger partial charge in [0, 0.05) is 6.42 Å². The van der Waals surface area contributed by atoms with Gasteiger partial charge in [-0.2, -0.15) is 0 Å². The van der Waals surface area contributed by atoms with Crippen molar-refractivity contribution < 1.29 is 14.6 Å². The predicted octanol–water partition coefficient (Wildman–Crippen LogP) is 5.22. The Morgan fingerprint density at radius 2 is 1.52 bits per heavy atom. The molecule has 3 nitrogen and oxygen atoms in total. The summed E-state index contributed by atoms with van der Waals surface area (Å²) in [6.45, 7) is 2.23. The molecule has 1 aromatic carbocycles. The second kappa shape index (κ2) is 11.2. The van der Waals surface area contributed by atoms with Crippen LogP contribution in [0.4, 0.5) is 0 Å². The topological polar surface area (TPSA) is 46.5 Å². The molecule has 1 aromatic rings. The van der Waals surface area contributed by atoms with Crippen LogP contribution in [0, 0.1) is 0 Å². The summed E-state index contributed by atoms with van der Waals surface area (Å²) in [5.41, 5.74) is 0. The van der Waals surface area contributed by atoms with Crippen LogP contribution in [0.2, 0.25) is 0 Å². The van der Waals surface area contributed by atoms with Gasteiger partial charge < -0.3 is 9.84 Å². The van der Waals surface area contributed by atoms with Crippen LogP contribution in [-0.2, 0) is 4.79 Å². The zero-order valence-corrected chi connectivity index (χ0v) is 13.1. The molecule has 0 aliphatic carbocycles. The Bertz CT molecular complexity index is 401. The molecule has 0 atom stereocenters. The van der Waals surface area contributed by atoms with Crippen molar-refractivity contribution in [3.8, 4) is 11.5 Å². The number of unbranched alkanes of at least 4 members (excludes halogenated alkanes) is 8. The summed E-state index contributed by atoms with van der Waals surface area (Å²) in [6.07, 6.45) is 11.4. The highest BCUT2D eigenvalue weighted by Crippen LogP contribution is 2.24. The van der Waals surface area contributed by atoms with Crippen molar-refractivity contribution in [1.82, 2.24) is 0 Å². The second-order valence-electron chi connectivity index (χ2n) is 5.52. The van der Waals surface area contributed by atoms with Gasteiger partial charge in [-0.05, 0) is 18.6 Å². The molecule has 0 aliphatic rings. The molecule has 21 heavy (non-hydrogen) atoms. The third-order valence-electron chi connectivity index (χ3n) is 3.57. The summed E-state index contributed by atoms with van der Waals surface area (Å²) in [5, 5.41) is 9.51. The molecule has 1 N–H and O–H groups in total. The molecule has 0 saturated heterocycles. The number of para-hydroxylation sites is 2. The average molecular weight is 292 g/mol. The third-order valence-corrected chi connectivity index (χ3v) is 3.57. The van der Waals surface area contributed by atoms with Gasteiger partial charge in [0.1, 0.15) is 0 Å². The van der Waals surface area contributed by atoms with E-state index in [9.17, 15) is 9.90 Å². The van der Waals surface area contributed by atoms with E-state index in [1.807, 2.05) is 0 Å². The van der Waals surface area contributed by atoms with Crippen LogP contribution in [0.1, 0.15) is 71.1 Å². The van der Waals surface area contributed by atoms with Crippen LogP contribution in [-0.4, -0.2) is 11.1 Å². The van der Waals surface area contributed by atoms with E-state index in [1.54, 1.807) is 18.2 Å². The molecule has 118 valence electrons. The van der Waals surface area contributed by atoms with Crippen LogP contribution in [0.15, 0.2) is 24.3 Å². The smallest absolute Gasteiger partial charge is 0.311 e. The maximum atomic E-state index is 11.6. The molecule has 0 bridgehead atoms. The van der Waals surface area contributed by atoms with Gasteiger partial charge in [-0.15, -0.1) is 0 Å². The molecule has 0 amide bonds. The summed E-state index contributed by atoms with van der Waals surface area (Å²) >= 11 is 0. The Morgan fingerprint density at radius 1 is 0.952 bits per heavy atom. The highest BCUT2D eigenvalue weighted by atomic mass is 16.5. The van der Waals surface area contributed by atoms with E-state index in [4.69, 9.17) is 4.74 Å². The van der Waals surface area contributed by atoms with E-state index >= 15 is 0 Å². The van der Waals surface area contributed by atoms with Crippen molar-refractivity contribution >= 4 is 5.97 Å². The summed E-state index contributed by atoms with van der Waals surface area (Å²) < 4.78 is 5.13. The first-order valence-electron chi connectivity index (χ1n) is 8.22. The third kappa shape index (κ3) is 8.38. The largest absolute Gasteiger partial charge is 0.504 e. The quantitative estimate of drug-likeness (QED) is 0.345. The van der Waals surface area contributed by atoms with E-state index in [0.717, 1.165) is 12.8 Å². The fraction of sp³-hybridized carbons (Fsp3) is 0.611. The standard InChI is InChI=1S/C18H28O3/c1-2-3-4-5-6-7-8-9-10-15-18(20)21-17-14-12-11-13-16(17)19/h11-14,19H,2-10,15H2,1H3. The molecule has 0 radical (unpaired) electrons. The predicted molar refractivity (Wildman–Crippen MR) is 85.6 cm³/mol. The van der Waals surface area contributed by atoms with E-state index in [0.29, 0.717) is 6.42 Å². The molecule has 0 unspecified atom stereocenters. The van der Waals surface area contributed by atoms with Crippen LogP contribution < -0.4 is 4.74 Å². The van der Waals surface area contributed by atoms with Crippen molar-refractivity contribution in [2.24, 2.45) is 0 Å². The SMILES string of the molecule is CCCCCCCCCCCC(=O)Oc1ccccc1O. The fourth-order valence-corrected chi connectivity index (χ4v) is 2.30. The normalized spacial score (nSPS) is 10.5. The first-order chi connectivity index (χ1) is 10.2. The van der Waals surface area contributed by atoms with Crippen molar-refractivity contribution in [3.63, 3.8) is 0 Å². The van der Waals surface area contributed by atoms with Gasteiger partial charge in [-0.1, -0.05) is 70.4 Å². The molecule has 0 spiro atoms. The lowest BCUT2D eigenvalue weighted by Crippen LogP contribution is -2.07. The minimum absolute atomic E-state index is 0.0120. The number of aromatic hydroxyl groups is 1. The number of hydrogen-bond donors (Lipinski definition) is 1. The minimum atomic E-state index is -0.264. The van der Waals surface area contributed by atoms with Crippen LogP contribution in [0.25, 0.3) is 0 Å². The monoisotopic (exact) mass is 292 g/mol. The van der Waals surface area contributed by atoms with Crippen molar-refractivity contribution in [3.05, 3.63) is 24.3 Å². The van der Waals surface area contributed by atoms with Crippen molar-refractivity contribution in [2.75, 3.05) is 0 Å². The van der Waals surface area contributed by atoms with Crippen LogP contribution in [0.3, 0.4) is 0 Å². The van der Waals surface area contributed by atoms with Crippen molar-refractivity contribution in [2.45, 2.75) is 71.1 Å². The first-order valence-corrected chi connectivity index (χ1v) is 8.22. The Kier molecular flexibility index (Phi) is 9.34. The number of phenolic OH excluding ortho intramolecular Hbond substituents is 1.